The Morgan fingerprint density at radius 3 is 1.81 bits per heavy atom. The van der Waals surface area contributed by atoms with Crippen LogP contribution in [0, 0.1) is 5.92 Å². The van der Waals surface area contributed by atoms with Crippen LogP contribution < -0.4 is 4.31 Å². The highest BCUT2D eigenvalue weighted by molar-refractivity contribution is 7.93. The van der Waals surface area contributed by atoms with E-state index in [-0.39, 0.29) is 4.90 Å². The quantitative estimate of drug-likeness (QED) is 0.644. The number of sulfonamides is 1. The third-order valence-electron chi connectivity index (χ3n) is 4.13. The second kappa shape index (κ2) is 8.18. The van der Waals surface area contributed by atoms with Gasteiger partial charge in [-0.3, -0.25) is 4.79 Å². The number of amides is 1. The van der Waals surface area contributed by atoms with Crippen molar-refractivity contribution in [3.05, 3.63) is 102 Å². The molecule has 1 amide bonds. The van der Waals surface area contributed by atoms with Gasteiger partial charge in [-0.05, 0) is 43.2 Å². The van der Waals surface area contributed by atoms with Crippen LogP contribution in [0.1, 0.15) is 12.5 Å². The van der Waals surface area contributed by atoms with Gasteiger partial charge in [0, 0.05) is 0 Å². The van der Waals surface area contributed by atoms with Crippen LogP contribution in [-0.2, 0) is 21.2 Å². The lowest BCUT2D eigenvalue weighted by Crippen LogP contribution is -2.40. The van der Waals surface area contributed by atoms with E-state index < -0.39 is 15.9 Å². The smallest absolute Gasteiger partial charge is 0.270 e. The molecule has 0 aliphatic carbocycles. The van der Waals surface area contributed by atoms with Gasteiger partial charge in [-0.1, -0.05) is 66.7 Å². The van der Waals surface area contributed by atoms with Gasteiger partial charge in [-0.2, -0.15) is 0 Å². The second-order valence-corrected chi connectivity index (χ2v) is 7.95. The maximum Gasteiger partial charge on any atom is 0.270 e. The molecule has 0 spiro atoms. The summed E-state index contributed by atoms with van der Waals surface area (Å²) >= 11 is 0. The van der Waals surface area contributed by atoms with E-state index >= 15 is 0 Å². The Bertz CT molecular complexity index is 988. The minimum absolute atomic E-state index is 0.0784. The highest BCUT2D eigenvalue weighted by Gasteiger charge is 2.33. The monoisotopic (exact) mass is 378 g/mol. The number of hydrogen-bond donors (Lipinski definition) is 0. The molecule has 0 aromatic heterocycles. The van der Waals surface area contributed by atoms with E-state index in [1.54, 1.807) is 55.5 Å². The molecule has 3 aromatic carbocycles. The molecule has 0 heterocycles. The Morgan fingerprint density at radius 1 is 0.778 bits per heavy atom. The maximum absolute atomic E-state index is 13.2. The van der Waals surface area contributed by atoms with Gasteiger partial charge in [0.15, 0.2) is 0 Å². The molecule has 0 aliphatic heterocycles. The summed E-state index contributed by atoms with van der Waals surface area (Å²) in [6.45, 7) is 1.67. The van der Waals surface area contributed by atoms with Crippen LogP contribution >= 0.6 is 0 Å². The molecular weight excluding hydrogens is 358 g/mol. The number of hydrogen-bond acceptors (Lipinski definition) is 3. The van der Waals surface area contributed by atoms with E-state index in [1.165, 1.54) is 12.1 Å². The van der Waals surface area contributed by atoms with Crippen molar-refractivity contribution in [2.24, 2.45) is 0 Å². The van der Waals surface area contributed by atoms with Gasteiger partial charge in [-0.15, -0.1) is 0 Å². The average Bonchev–Trinajstić information content (AvgIpc) is 2.70. The normalized spacial score (nSPS) is 11.3. The zero-order chi connectivity index (χ0) is 19.3. The van der Waals surface area contributed by atoms with Gasteiger partial charge in [-0.25, -0.2) is 12.7 Å². The fraction of sp³-hybridized carbons (Fsp3) is 0.0909. The van der Waals surface area contributed by atoms with Crippen molar-refractivity contribution in [3.8, 4) is 0 Å². The molecule has 0 saturated heterocycles. The van der Waals surface area contributed by atoms with Gasteiger partial charge >= 0.3 is 0 Å². The van der Waals surface area contributed by atoms with Crippen LogP contribution in [0.25, 0.3) is 0 Å². The van der Waals surface area contributed by atoms with E-state index in [4.69, 9.17) is 0 Å². The zero-order valence-corrected chi connectivity index (χ0v) is 15.8. The molecule has 137 valence electrons. The molecule has 0 aliphatic rings. The van der Waals surface area contributed by atoms with Crippen molar-refractivity contribution in [3.63, 3.8) is 0 Å². The summed E-state index contributed by atoms with van der Waals surface area (Å²) in [7, 11) is -4.03. The topological polar surface area (TPSA) is 54.5 Å². The van der Waals surface area contributed by atoms with Gasteiger partial charge in [0.2, 0.25) is 5.91 Å². The van der Waals surface area contributed by atoms with Crippen LogP contribution in [0.5, 0.6) is 0 Å². The summed E-state index contributed by atoms with van der Waals surface area (Å²) in [6.07, 6.45) is 0.382. The lowest BCUT2D eigenvalue weighted by Gasteiger charge is -2.25. The molecule has 0 bridgehead atoms. The van der Waals surface area contributed by atoms with Gasteiger partial charge in [0.1, 0.15) is 0 Å². The van der Waals surface area contributed by atoms with Crippen molar-refractivity contribution < 1.29 is 13.2 Å². The SMILES string of the molecule is C[C](Cc1ccccc1)C(=O)N(c1ccccc1)S(=O)(=O)c1ccccc1. The summed E-state index contributed by atoms with van der Waals surface area (Å²) in [4.78, 5) is 13.3. The summed E-state index contributed by atoms with van der Waals surface area (Å²) in [5.41, 5.74) is 1.27. The fourth-order valence-corrected chi connectivity index (χ4v) is 4.26. The van der Waals surface area contributed by atoms with Gasteiger partial charge in [0.05, 0.1) is 16.5 Å². The molecule has 0 atom stereocenters. The first-order chi connectivity index (χ1) is 13.0. The van der Waals surface area contributed by atoms with Crippen molar-refractivity contribution >= 4 is 21.6 Å². The molecule has 1 radical (unpaired) electrons. The van der Waals surface area contributed by atoms with Crippen molar-refractivity contribution in [1.29, 1.82) is 0 Å². The summed E-state index contributed by atoms with van der Waals surface area (Å²) in [5.74, 6) is -0.0848. The minimum Gasteiger partial charge on any atom is -0.273 e. The zero-order valence-electron chi connectivity index (χ0n) is 14.9. The predicted molar refractivity (Wildman–Crippen MR) is 107 cm³/mol. The molecule has 0 saturated carbocycles. The Morgan fingerprint density at radius 2 is 1.26 bits per heavy atom. The molecule has 27 heavy (non-hydrogen) atoms. The first-order valence-corrected chi connectivity index (χ1v) is 10.0. The number of rotatable bonds is 6. The lowest BCUT2D eigenvalue weighted by molar-refractivity contribution is -0.115. The summed E-state index contributed by atoms with van der Waals surface area (Å²) < 4.78 is 27.3. The molecule has 0 N–H and O–H groups in total. The molecule has 0 unspecified atom stereocenters. The molecule has 5 heteroatoms. The van der Waals surface area contributed by atoms with Crippen LogP contribution in [0.3, 0.4) is 0 Å². The summed E-state index contributed by atoms with van der Waals surface area (Å²) in [5, 5.41) is 0. The van der Waals surface area contributed by atoms with Crippen LogP contribution in [0.4, 0.5) is 5.69 Å². The molecular formula is C22H20NO3S. The first kappa shape index (κ1) is 18.9. The largest absolute Gasteiger partial charge is 0.273 e. The van der Waals surface area contributed by atoms with Crippen molar-refractivity contribution in [2.75, 3.05) is 4.31 Å². The Balaban J connectivity index is 1.99. The Hall–Kier alpha value is -2.92. The molecule has 3 aromatic rings. The highest BCUT2D eigenvalue weighted by atomic mass is 32.2. The lowest BCUT2D eigenvalue weighted by atomic mass is 10.0. The summed E-state index contributed by atoms with van der Waals surface area (Å²) in [6, 6.07) is 25.9. The number of nitrogens with zero attached hydrogens (tertiary/aromatic N) is 1. The van der Waals surface area contributed by atoms with Gasteiger partial charge < -0.3 is 0 Å². The molecule has 3 rings (SSSR count). The van der Waals surface area contributed by atoms with E-state index in [1.807, 2.05) is 30.3 Å². The average molecular weight is 378 g/mol. The number of carbonyl (C=O) groups excluding carboxylic acids is 1. The van der Waals surface area contributed by atoms with Crippen LogP contribution in [-0.4, -0.2) is 14.3 Å². The third-order valence-corrected chi connectivity index (χ3v) is 5.86. The second-order valence-electron chi connectivity index (χ2n) is 6.17. The van der Waals surface area contributed by atoms with Crippen LogP contribution in [0.2, 0.25) is 0 Å². The van der Waals surface area contributed by atoms with E-state index in [9.17, 15) is 13.2 Å². The van der Waals surface area contributed by atoms with E-state index in [0.29, 0.717) is 18.0 Å². The maximum atomic E-state index is 13.2. The number of benzene rings is 3. The Kier molecular flexibility index (Phi) is 5.72. The number of anilines is 1. The highest BCUT2D eigenvalue weighted by Crippen LogP contribution is 2.27. The van der Waals surface area contributed by atoms with Gasteiger partial charge in [0.25, 0.3) is 10.0 Å². The van der Waals surface area contributed by atoms with E-state index in [2.05, 4.69) is 0 Å². The number of para-hydroxylation sites is 1. The van der Waals surface area contributed by atoms with Crippen LogP contribution in [0.15, 0.2) is 95.9 Å². The standard InChI is InChI=1S/C22H20NO3S/c1-18(17-19-11-5-2-6-12-19)22(24)23(20-13-7-3-8-14-20)27(25,26)21-15-9-4-10-16-21/h2-16H,17H2,1H3. The minimum atomic E-state index is -4.03. The molecule has 4 nitrogen and oxygen atoms in total. The fourth-order valence-electron chi connectivity index (χ4n) is 2.78. The molecule has 0 fully saturated rings. The number of carbonyl (C=O) groups is 1. The van der Waals surface area contributed by atoms with Crippen molar-refractivity contribution in [1.82, 2.24) is 0 Å². The first-order valence-electron chi connectivity index (χ1n) is 8.56. The van der Waals surface area contributed by atoms with Crippen molar-refractivity contribution in [2.45, 2.75) is 18.2 Å². The third kappa shape index (κ3) is 4.26. The Labute approximate surface area is 160 Å². The predicted octanol–water partition coefficient (Wildman–Crippen LogP) is 4.25. The van der Waals surface area contributed by atoms with E-state index in [0.717, 1.165) is 9.87 Å².